The first kappa shape index (κ1) is 16.3. The average molecular weight is 343 g/mol. The molecule has 26 heavy (non-hydrogen) atoms. The van der Waals surface area contributed by atoms with Gasteiger partial charge in [0.1, 0.15) is 6.54 Å². The molecule has 1 amide bonds. The van der Waals surface area contributed by atoms with Gasteiger partial charge in [-0.2, -0.15) is 0 Å². The normalized spacial score (nSPS) is 11.1. The zero-order valence-corrected chi connectivity index (χ0v) is 14.8. The lowest BCUT2D eigenvalue weighted by Crippen LogP contribution is -2.33. The number of pyridine rings is 1. The number of hydrogen-bond donors (Lipinski definition) is 0. The molecule has 0 saturated carbocycles. The molecule has 2 heterocycles. The summed E-state index contributed by atoms with van der Waals surface area (Å²) in [6, 6.07) is 22.3. The Balaban J connectivity index is 1.68. The molecule has 0 bridgehead atoms. The SMILES string of the molecule is CCN(Cc1ccccn1)C(=O)Cn1c2ccccc2c2ccccc21. The van der Waals surface area contributed by atoms with Crippen molar-refractivity contribution in [3.8, 4) is 0 Å². The Kier molecular flexibility index (Phi) is 4.40. The van der Waals surface area contributed by atoms with Crippen LogP contribution in [-0.4, -0.2) is 26.9 Å². The summed E-state index contributed by atoms with van der Waals surface area (Å²) in [6.45, 7) is 3.53. The van der Waals surface area contributed by atoms with Gasteiger partial charge in [0, 0.05) is 34.5 Å². The highest BCUT2D eigenvalue weighted by molar-refractivity contribution is 6.08. The molecule has 0 unspecified atom stereocenters. The molecular weight excluding hydrogens is 322 g/mol. The van der Waals surface area contributed by atoms with Gasteiger partial charge < -0.3 is 9.47 Å². The summed E-state index contributed by atoms with van der Waals surface area (Å²) in [4.78, 5) is 19.2. The van der Waals surface area contributed by atoms with E-state index >= 15 is 0 Å². The lowest BCUT2D eigenvalue weighted by Gasteiger charge is -2.21. The van der Waals surface area contributed by atoms with E-state index in [9.17, 15) is 4.79 Å². The number of amides is 1. The number of benzene rings is 2. The van der Waals surface area contributed by atoms with Gasteiger partial charge in [-0.1, -0.05) is 42.5 Å². The van der Waals surface area contributed by atoms with E-state index in [1.165, 1.54) is 10.8 Å². The van der Waals surface area contributed by atoms with E-state index in [2.05, 4.69) is 33.8 Å². The highest BCUT2D eigenvalue weighted by atomic mass is 16.2. The lowest BCUT2D eigenvalue weighted by atomic mass is 10.2. The van der Waals surface area contributed by atoms with Crippen molar-refractivity contribution in [3.05, 3.63) is 78.6 Å². The van der Waals surface area contributed by atoms with E-state index in [1.807, 2.05) is 54.3 Å². The molecule has 0 spiro atoms. The fourth-order valence-corrected chi connectivity index (χ4v) is 3.47. The van der Waals surface area contributed by atoms with Crippen LogP contribution >= 0.6 is 0 Å². The lowest BCUT2D eigenvalue weighted by molar-refractivity contribution is -0.132. The first-order valence-corrected chi connectivity index (χ1v) is 8.91. The second-order valence-corrected chi connectivity index (χ2v) is 6.35. The van der Waals surface area contributed by atoms with Crippen LogP contribution in [0.4, 0.5) is 0 Å². The fourth-order valence-electron chi connectivity index (χ4n) is 3.47. The molecule has 130 valence electrons. The maximum absolute atomic E-state index is 13.0. The second-order valence-electron chi connectivity index (χ2n) is 6.35. The van der Waals surface area contributed by atoms with Gasteiger partial charge >= 0.3 is 0 Å². The molecule has 4 aromatic rings. The van der Waals surface area contributed by atoms with Crippen molar-refractivity contribution in [2.45, 2.75) is 20.0 Å². The van der Waals surface area contributed by atoms with Crippen molar-refractivity contribution < 1.29 is 4.79 Å². The van der Waals surface area contributed by atoms with Crippen LogP contribution in [-0.2, 0) is 17.9 Å². The minimum atomic E-state index is 0.102. The predicted molar refractivity (Wildman–Crippen MR) is 105 cm³/mol. The predicted octanol–water partition coefficient (Wildman–Crippen LogP) is 4.24. The number of hydrogen-bond acceptors (Lipinski definition) is 2. The van der Waals surface area contributed by atoms with Crippen LogP contribution in [0, 0.1) is 0 Å². The number of likely N-dealkylation sites (N-methyl/N-ethyl adjacent to an activating group) is 1. The van der Waals surface area contributed by atoms with Crippen molar-refractivity contribution >= 4 is 27.7 Å². The maximum Gasteiger partial charge on any atom is 0.242 e. The molecule has 2 aromatic heterocycles. The van der Waals surface area contributed by atoms with Crippen molar-refractivity contribution in [2.24, 2.45) is 0 Å². The van der Waals surface area contributed by atoms with Gasteiger partial charge in [-0.3, -0.25) is 9.78 Å². The topological polar surface area (TPSA) is 38.1 Å². The molecule has 4 rings (SSSR count). The number of fused-ring (bicyclic) bond motifs is 3. The zero-order chi connectivity index (χ0) is 17.9. The number of carbonyl (C=O) groups excluding carboxylic acids is 1. The molecule has 2 aromatic carbocycles. The molecule has 0 aliphatic rings. The van der Waals surface area contributed by atoms with E-state index in [0.29, 0.717) is 19.6 Å². The Hall–Kier alpha value is -3.14. The third-order valence-corrected chi connectivity index (χ3v) is 4.79. The minimum absolute atomic E-state index is 0.102. The Morgan fingerprint density at radius 1 is 0.923 bits per heavy atom. The number of rotatable bonds is 5. The highest BCUT2D eigenvalue weighted by Crippen LogP contribution is 2.28. The summed E-state index contributed by atoms with van der Waals surface area (Å²) < 4.78 is 2.12. The largest absolute Gasteiger partial charge is 0.336 e. The smallest absolute Gasteiger partial charge is 0.242 e. The monoisotopic (exact) mass is 343 g/mol. The average Bonchev–Trinajstić information content (AvgIpc) is 3.01. The van der Waals surface area contributed by atoms with Crippen LogP contribution in [0.3, 0.4) is 0 Å². The van der Waals surface area contributed by atoms with Crippen molar-refractivity contribution in [2.75, 3.05) is 6.54 Å². The molecule has 0 radical (unpaired) electrons. The van der Waals surface area contributed by atoms with Gasteiger partial charge in [0.2, 0.25) is 5.91 Å². The van der Waals surface area contributed by atoms with Gasteiger partial charge in [-0.25, -0.2) is 0 Å². The maximum atomic E-state index is 13.0. The Morgan fingerprint density at radius 2 is 1.54 bits per heavy atom. The molecular formula is C22H21N3O. The standard InChI is InChI=1S/C22H21N3O/c1-2-24(15-17-9-7-8-14-23-17)22(26)16-25-20-12-5-3-10-18(20)19-11-4-6-13-21(19)25/h3-14H,2,15-16H2,1H3. The number of aromatic nitrogens is 2. The number of para-hydroxylation sites is 2. The first-order valence-electron chi connectivity index (χ1n) is 8.91. The van der Waals surface area contributed by atoms with Crippen molar-refractivity contribution in [1.29, 1.82) is 0 Å². The third-order valence-electron chi connectivity index (χ3n) is 4.79. The van der Waals surface area contributed by atoms with Gasteiger partial charge in [0.05, 0.1) is 12.2 Å². The van der Waals surface area contributed by atoms with E-state index in [-0.39, 0.29) is 5.91 Å². The van der Waals surface area contributed by atoms with Gasteiger partial charge in [0.25, 0.3) is 0 Å². The van der Waals surface area contributed by atoms with E-state index in [0.717, 1.165) is 16.7 Å². The molecule has 0 fully saturated rings. The van der Waals surface area contributed by atoms with Crippen LogP contribution in [0.5, 0.6) is 0 Å². The van der Waals surface area contributed by atoms with Gasteiger partial charge in [-0.15, -0.1) is 0 Å². The Labute approximate surface area is 152 Å². The highest BCUT2D eigenvalue weighted by Gasteiger charge is 2.17. The summed E-state index contributed by atoms with van der Waals surface area (Å²) in [5.41, 5.74) is 3.09. The van der Waals surface area contributed by atoms with Gasteiger partial charge in [0.15, 0.2) is 0 Å². The molecule has 4 nitrogen and oxygen atoms in total. The molecule has 0 atom stereocenters. The second kappa shape index (κ2) is 7.00. The molecule has 0 N–H and O–H groups in total. The van der Waals surface area contributed by atoms with Crippen LogP contribution in [0.2, 0.25) is 0 Å². The molecule has 4 heteroatoms. The summed E-state index contributed by atoms with van der Waals surface area (Å²) >= 11 is 0. The van der Waals surface area contributed by atoms with E-state index in [1.54, 1.807) is 6.20 Å². The quantitative estimate of drug-likeness (QED) is 0.544. The third kappa shape index (κ3) is 2.94. The van der Waals surface area contributed by atoms with E-state index < -0.39 is 0 Å². The molecule has 0 aliphatic heterocycles. The van der Waals surface area contributed by atoms with Crippen LogP contribution < -0.4 is 0 Å². The summed E-state index contributed by atoms with van der Waals surface area (Å²) in [7, 11) is 0. The first-order chi connectivity index (χ1) is 12.8. The summed E-state index contributed by atoms with van der Waals surface area (Å²) in [5.74, 6) is 0.102. The summed E-state index contributed by atoms with van der Waals surface area (Å²) in [5, 5.41) is 2.37. The van der Waals surface area contributed by atoms with Crippen molar-refractivity contribution in [1.82, 2.24) is 14.5 Å². The summed E-state index contributed by atoms with van der Waals surface area (Å²) in [6.07, 6.45) is 1.76. The number of nitrogens with zero attached hydrogens (tertiary/aromatic N) is 3. The Bertz CT molecular complexity index is 1000. The van der Waals surface area contributed by atoms with E-state index in [4.69, 9.17) is 0 Å². The minimum Gasteiger partial charge on any atom is -0.336 e. The zero-order valence-electron chi connectivity index (χ0n) is 14.8. The molecule has 0 saturated heterocycles. The number of carbonyl (C=O) groups is 1. The van der Waals surface area contributed by atoms with Crippen LogP contribution in [0.1, 0.15) is 12.6 Å². The van der Waals surface area contributed by atoms with Gasteiger partial charge in [-0.05, 0) is 31.2 Å². The van der Waals surface area contributed by atoms with Crippen LogP contribution in [0.25, 0.3) is 21.8 Å². The van der Waals surface area contributed by atoms with Crippen molar-refractivity contribution in [3.63, 3.8) is 0 Å². The Morgan fingerprint density at radius 3 is 2.12 bits per heavy atom. The van der Waals surface area contributed by atoms with Crippen LogP contribution in [0.15, 0.2) is 72.9 Å². The fraction of sp³-hybridized carbons (Fsp3) is 0.182. The molecule has 0 aliphatic carbocycles.